The smallest absolute Gasteiger partial charge is 0.316 e. The maximum Gasteiger partial charge on any atom is 0.316 e. The summed E-state index contributed by atoms with van der Waals surface area (Å²) < 4.78 is -0.614. The molecule has 1 N–H and O–H groups in total. The fraction of sp³-hybridized carbons (Fsp3) is 0.118. The van der Waals surface area contributed by atoms with E-state index in [1.54, 1.807) is 6.20 Å². The molecule has 23 heavy (non-hydrogen) atoms. The molecule has 1 atom stereocenters. The van der Waals surface area contributed by atoms with Gasteiger partial charge in [0.15, 0.2) is 0 Å². The molecule has 2 aliphatic heterocycles. The Morgan fingerprint density at radius 3 is 2.74 bits per heavy atom. The second kappa shape index (κ2) is 5.47. The van der Waals surface area contributed by atoms with Gasteiger partial charge < -0.3 is 5.21 Å². The van der Waals surface area contributed by atoms with Gasteiger partial charge in [0.2, 0.25) is 0 Å². The molecule has 2 aliphatic rings. The number of guanidine groups is 1. The van der Waals surface area contributed by atoms with Crippen molar-refractivity contribution in [1.82, 2.24) is 5.32 Å². The molecule has 6 heteroatoms. The van der Waals surface area contributed by atoms with Gasteiger partial charge in [-0.2, -0.15) is 0 Å². The highest BCUT2D eigenvalue weighted by atomic mass is 35.5. The van der Waals surface area contributed by atoms with Crippen LogP contribution in [0.4, 0.5) is 5.69 Å². The fourth-order valence-corrected chi connectivity index (χ4v) is 3.11. The summed E-state index contributed by atoms with van der Waals surface area (Å²) in [5.74, 6) is 0.477. The molecular weight excluding hydrogens is 312 g/mol. The highest BCUT2D eigenvalue weighted by Crippen LogP contribution is 2.37. The molecule has 0 aromatic heterocycles. The van der Waals surface area contributed by atoms with Gasteiger partial charge in [0, 0.05) is 10.6 Å². The van der Waals surface area contributed by atoms with Crippen molar-refractivity contribution < 1.29 is 4.65 Å². The molecule has 116 valence electrons. The Kier molecular flexibility index (Phi) is 3.43. The Balaban J connectivity index is 1.89. The maximum atomic E-state index is 13.1. The first-order valence-electron chi connectivity index (χ1n) is 7.36. The summed E-state index contributed by atoms with van der Waals surface area (Å²) in [5.41, 5.74) is 2.61. The molecule has 0 fully saturated rings. The molecule has 4 rings (SSSR count). The fourth-order valence-electron chi connectivity index (χ4n) is 2.92. The lowest BCUT2D eigenvalue weighted by Gasteiger charge is -2.38. The topological polar surface area (TPSA) is 50.7 Å². The van der Waals surface area contributed by atoms with E-state index >= 15 is 0 Å². The number of hydroxylamine groups is 3. The summed E-state index contributed by atoms with van der Waals surface area (Å²) in [4.78, 5) is 6.34. The first-order chi connectivity index (χ1) is 11.2. The predicted molar refractivity (Wildman–Crippen MR) is 92.3 cm³/mol. The number of rotatable bonds is 2. The third-order valence-corrected chi connectivity index (χ3v) is 4.16. The van der Waals surface area contributed by atoms with Gasteiger partial charge in [-0.05, 0) is 24.3 Å². The Bertz CT molecular complexity index is 805. The number of nitrogens with one attached hydrogen (secondary N) is 1. The zero-order chi connectivity index (χ0) is 15.9. The lowest BCUT2D eigenvalue weighted by Crippen LogP contribution is -2.54. The normalized spacial score (nSPS) is 23.3. The van der Waals surface area contributed by atoms with Crippen LogP contribution in [0.5, 0.6) is 0 Å². The zero-order valence-electron chi connectivity index (χ0n) is 12.3. The molecule has 0 amide bonds. The van der Waals surface area contributed by atoms with Crippen molar-refractivity contribution in [2.24, 2.45) is 4.99 Å². The highest BCUT2D eigenvalue weighted by molar-refractivity contribution is 6.30. The summed E-state index contributed by atoms with van der Waals surface area (Å²) in [7, 11) is 0. The van der Waals surface area contributed by atoms with E-state index in [0.717, 1.165) is 16.9 Å². The van der Waals surface area contributed by atoms with Gasteiger partial charge in [-0.15, -0.1) is 0 Å². The van der Waals surface area contributed by atoms with E-state index in [-0.39, 0.29) is 6.67 Å². The average molecular weight is 327 g/mol. The number of fused-ring (bicyclic) bond motifs is 1. The van der Waals surface area contributed by atoms with E-state index in [2.05, 4.69) is 10.3 Å². The van der Waals surface area contributed by atoms with E-state index < -0.39 is 4.65 Å². The van der Waals surface area contributed by atoms with Crippen molar-refractivity contribution in [1.29, 1.82) is 0 Å². The van der Waals surface area contributed by atoms with Crippen molar-refractivity contribution >= 4 is 28.9 Å². The minimum atomic E-state index is -0.614. The van der Waals surface area contributed by atoms with E-state index in [1.165, 1.54) is 0 Å². The van der Waals surface area contributed by atoms with Gasteiger partial charge in [-0.25, -0.2) is 15.2 Å². The van der Waals surface area contributed by atoms with Crippen LogP contribution in [0.1, 0.15) is 5.56 Å². The number of hydrogen-bond acceptors (Lipinski definition) is 4. The van der Waals surface area contributed by atoms with E-state index in [0.29, 0.717) is 17.7 Å². The molecule has 0 spiro atoms. The SMILES string of the molecule is [O-][N+]12C=C(c3cccc(Cl)c3)N(c3ccccc3)C1=NCNC2. The third kappa shape index (κ3) is 2.44. The number of benzene rings is 2. The second-order valence-corrected chi connectivity index (χ2v) is 5.95. The number of para-hydroxylation sites is 1. The lowest BCUT2D eigenvalue weighted by molar-refractivity contribution is -0.736. The van der Waals surface area contributed by atoms with Gasteiger partial charge in [-0.1, -0.05) is 41.9 Å². The quantitative estimate of drug-likeness (QED) is 0.680. The Morgan fingerprint density at radius 1 is 1.13 bits per heavy atom. The number of aliphatic imine (C=N–C) groups is 1. The number of halogens is 1. The van der Waals surface area contributed by atoms with E-state index in [9.17, 15) is 5.21 Å². The van der Waals surface area contributed by atoms with Gasteiger partial charge in [0.25, 0.3) is 0 Å². The first kappa shape index (κ1) is 14.4. The molecule has 2 aromatic carbocycles. The summed E-state index contributed by atoms with van der Waals surface area (Å²) in [6, 6.07) is 17.3. The number of nitrogens with zero attached hydrogens (tertiary/aromatic N) is 3. The van der Waals surface area contributed by atoms with Crippen LogP contribution in [0.3, 0.4) is 0 Å². The van der Waals surface area contributed by atoms with Crippen molar-refractivity contribution in [2.45, 2.75) is 0 Å². The minimum Gasteiger partial charge on any atom is -0.619 e. The van der Waals surface area contributed by atoms with Crippen LogP contribution >= 0.6 is 11.6 Å². The van der Waals surface area contributed by atoms with E-state index in [1.807, 2.05) is 59.5 Å². The monoisotopic (exact) mass is 326 g/mol. The average Bonchev–Trinajstić information content (AvgIpc) is 2.89. The first-order valence-corrected chi connectivity index (χ1v) is 7.74. The zero-order valence-corrected chi connectivity index (χ0v) is 13.1. The van der Waals surface area contributed by atoms with Gasteiger partial charge in [-0.3, -0.25) is 4.65 Å². The van der Waals surface area contributed by atoms with Crippen molar-refractivity contribution in [3.8, 4) is 0 Å². The van der Waals surface area contributed by atoms with Crippen molar-refractivity contribution in [3.05, 3.63) is 76.6 Å². The number of hydrogen-bond donors (Lipinski definition) is 1. The summed E-state index contributed by atoms with van der Waals surface area (Å²) in [6.07, 6.45) is 1.68. The Morgan fingerprint density at radius 2 is 1.96 bits per heavy atom. The standard InChI is InChI=1S/C17H15ClN4O/c18-14-6-4-5-13(9-14)16-10-22(23)12-19-11-20-17(22)21(16)15-7-2-1-3-8-15/h1-10,19H,11-12H2. The molecule has 0 radical (unpaired) electrons. The molecule has 1 unspecified atom stereocenters. The van der Waals surface area contributed by atoms with Crippen LogP contribution in [-0.4, -0.2) is 23.9 Å². The molecule has 5 nitrogen and oxygen atoms in total. The van der Waals surface area contributed by atoms with Gasteiger partial charge in [0.1, 0.15) is 25.2 Å². The van der Waals surface area contributed by atoms with Crippen LogP contribution in [0, 0.1) is 5.21 Å². The van der Waals surface area contributed by atoms with Crippen LogP contribution in [0.15, 0.2) is 65.8 Å². The molecule has 0 saturated heterocycles. The summed E-state index contributed by atoms with van der Waals surface area (Å²) in [5, 5.41) is 16.8. The summed E-state index contributed by atoms with van der Waals surface area (Å²) in [6.45, 7) is 0.712. The van der Waals surface area contributed by atoms with Crippen LogP contribution in [-0.2, 0) is 0 Å². The second-order valence-electron chi connectivity index (χ2n) is 5.52. The molecule has 2 aromatic rings. The molecule has 0 bridgehead atoms. The maximum absolute atomic E-state index is 13.1. The third-order valence-electron chi connectivity index (χ3n) is 3.92. The van der Waals surface area contributed by atoms with Crippen molar-refractivity contribution in [2.75, 3.05) is 18.2 Å². The molecule has 0 aliphatic carbocycles. The van der Waals surface area contributed by atoms with Crippen LogP contribution in [0.2, 0.25) is 5.02 Å². The van der Waals surface area contributed by atoms with Crippen molar-refractivity contribution in [3.63, 3.8) is 0 Å². The van der Waals surface area contributed by atoms with Crippen LogP contribution in [0.25, 0.3) is 5.70 Å². The Hall–Kier alpha value is -2.18. The predicted octanol–water partition coefficient (Wildman–Crippen LogP) is 3.35. The molecule has 2 heterocycles. The lowest BCUT2D eigenvalue weighted by atomic mass is 10.1. The molecule has 0 saturated carbocycles. The molecular formula is C17H15ClN4O. The van der Waals surface area contributed by atoms with Crippen LogP contribution < -0.4 is 10.2 Å². The van der Waals surface area contributed by atoms with Gasteiger partial charge in [0.05, 0.1) is 5.69 Å². The van der Waals surface area contributed by atoms with Gasteiger partial charge >= 0.3 is 5.96 Å². The summed E-state index contributed by atoms with van der Waals surface area (Å²) >= 11 is 6.13. The highest BCUT2D eigenvalue weighted by Gasteiger charge is 2.42. The number of quaternary nitrogens is 1. The minimum absolute atomic E-state index is 0.270. The largest absolute Gasteiger partial charge is 0.619 e. The number of anilines is 1. The van der Waals surface area contributed by atoms with E-state index in [4.69, 9.17) is 11.6 Å². The Labute approximate surface area is 139 Å².